The molecule has 0 bridgehead atoms. The van der Waals surface area contributed by atoms with Crippen LogP contribution < -0.4 is 15.4 Å². The quantitative estimate of drug-likeness (QED) is 0.711. The summed E-state index contributed by atoms with van der Waals surface area (Å²) in [5, 5.41) is 4.75. The zero-order chi connectivity index (χ0) is 21.3. The maximum Gasteiger partial charge on any atom is 0.262 e. The molecule has 0 fully saturated rings. The first-order chi connectivity index (χ1) is 13.6. The van der Waals surface area contributed by atoms with Crippen molar-refractivity contribution in [1.82, 2.24) is 4.31 Å². The standard InChI is InChI=1S/C17H14Cl2FN3O5S/c1-23(7-16(24)21-12-3-2-9(20)4-10(12)18)29(26,27)15-6-14-13(5-11(15)19)22-17(25)8-28-14/h2-6H,7-8H2,1H3,(H,21,24)(H,22,25). The van der Waals surface area contributed by atoms with E-state index in [1.165, 1.54) is 25.2 Å². The summed E-state index contributed by atoms with van der Waals surface area (Å²) in [6.07, 6.45) is 0. The zero-order valence-corrected chi connectivity index (χ0v) is 17.2. The number of benzene rings is 2. The van der Waals surface area contributed by atoms with E-state index in [1.54, 1.807) is 0 Å². The Bertz CT molecular complexity index is 1110. The number of likely N-dealkylation sites (N-methyl/N-ethyl adjacent to an activating group) is 1. The Kier molecular flexibility index (Phi) is 5.99. The SMILES string of the molecule is CN(CC(=O)Nc1ccc(F)cc1Cl)S(=O)(=O)c1cc2c(cc1Cl)NC(=O)CO2. The highest BCUT2D eigenvalue weighted by Gasteiger charge is 2.29. The van der Waals surface area contributed by atoms with Gasteiger partial charge in [0.25, 0.3) is 5.91 Å². The van der Waals surface area contributed by atoms with Gasteiger partial charge in [0.1, 0.15) is 16.5 Å². The highest BCUT2D eigenvalue weighted by molar-refractivity contribution is 7.89. The Morgan fingerprint density at radius 3 is 2.69 bits per heavy atom. The van der Waals surface area contributed by atoms with Gasteiger partial charge in [0.2, 0.25) is 15.9 Å². The molecule has 1 heterocycles. The summed E-state index contributed by atoms with van der Waals surface area (Å²) in [5.74, 6) is -1.52. The van der Waals surface area contributed by atoms with E-state index in [2.05, 4.69) is 10.6 Å². The number of rotatable bonds is 5. The van der Waals surface area contributed by atoms with Crippen LogP contribution in [0.4, 0.5) is 15.8 Å². The van der Waals surface area contributed by atoms with Gasteiger partial charge < -0.3 is 15.4 Å². The summed E-state index contributed by atoms with van der Waals surface area (Å²) >= 11 is 11.9. The minimum Gasteiger partial charge on any atom is -0.482 e. The predicted octanol–water partition coefficient (Wildman–Crippen LogP) is 2.72. The molecular weight excluding hydrogens is 448 g/mol. The number of anilines is 2. The summed E-state index contributed by atoms with van der Waals surface area (Å²) in [7, 11) is -2.97. The van der Waals surface area contributed by atoms with E-state index in [-0.39, 0.29) is 38.7 Å². The van der Waals surface area contributed by atoms with Crippen LogP contribution in [0.1, 0.15) is 0 Å². The van der Waals surface area contributed by atoms with Crippen LogP contribution in [0.3, 0.4) is 0 Å². The molecule has 0 radical (unpaired) electrons. The number of carbonyl (C=O) groups is 2. The largest absolute Gasteiger partial charge is 0.482 e. The molecule has 1 aliphatic rings. The summed E-state index contributed by atoms with van der Waals surface area (Å²) in [4.78, 5) is 23.3. The highest BCUT2D eigenvalue weighted by atomic mass is 35.5. The van der Waals surface area contributed by atoms with Gasteiger partial charge in [-0.05, 0) is 24.3 Å². The van der Waals surface area contributed by atoms with Crippen molar-refractivity contribution in [3.63, 3.8) is 0 Å². The predicted molar refractivity (Wildman–Crippen MR) is 105 cm³/mol. The van der Waals surface area contributed by atoms with E-state index in [0.717, 1.165) is 16.4 Å². The van der Waals surface area contributed by atoms with Gasteiger partial charge in [0, 0.05) is 13.1 Å². The van der Waals surface area contributed by atoms with Crippen molar-refractivity contribution in [2.75, 3.05) is 30.8 Å². The van der Waals surface area contributed by atoms with E-state index >= 15 is 0 Å². The van der Waals surface area contributed by atoms with Gasteiger partial charge in [0.15, 0.2) is 6.61 Å². The van der Waals surface area contributed by atoms with Gasteiger partial charge in [-0.1, -0.05) is 23.2 Å². The molecule has 0 spiro atoms. The molecule has 0 saturated carbocycles. The molecule has 2 aromatic carbocycles. The lowest BCUT2D eigenvalue weighted by Crippen LogP contribution is -2.35. The number of sulfonamides is 1. The average Bonchev–Trinajstić information content (AvgIpc) is 2.63. The average molecular weight is 462 g/mol. The molecule has 0 aliphatic carbocycles. The smallest absolute Gasteiger partial charge is 0.262 e. The second-order valence-corrected chi connectivity index (χ2v) is 8.88. The first-order valence-corrected chi connectivity index (χ1v) is 10.2. The lowest BCUT2D eigenvalue weighted by atomic mass is 10.2. The molecule has 8 nitrogen and oxygen atoms in total. The number of hydrogen-bond donors (Lipinski definition) is 2. The van der Waals surface area contributed by atoms with Gasteiger partial charge >= 0.3 is 0 Å². The second-order valence-electron chi connectivity index (χ2n) is 6.05. The molecule has 0 unspecified atom stereocenters. The summed E-state index contributed by atoms with van der Waals surface area (Å²) in [5.41, 5.74) is 0.386. The number of carbonyl (C=O) groups excluding carboxylic acids is 2. The summed E-state index contributed by atoms with van der Waals surface area (Å²) < 4.78 is 44.8. The third-order valence-corrected chi connectivity index (χ3v) is 6.51. The van der Waals surface area contributed by atoms with Crippen molar-refractivity contribution >= 4 is 56.4 Å². The first kappa shape index (κ1) is 21.3. The summed E-state index contributed by atoms with van der Waals surface area (Å²) in [6, 6.07) is 5.82. The van der Waals surface area contributed by atoms with Crippen LogP contribution in [0.2, 0.25) is 10.0 Å². The highest BCUT2D eigenvalue weighted by Crippen LogP contribution is 2.36. The number of halogens is 3. The molecule has 2 N–H and O–H groups in total. The Balaban J connectivity index is 1.78. The van der Waals surface area contributed by atoms with Crippen molar-refractivity contribution < 1.29 is 27.1 Å². The Labute approximate surface area is 175 Å². The van der Waals surface area contributed by atoms with Crippen LogP contribution in [0.5, 0.6) is 5.75 Å². The van der Waals surface area contributed by atoms with Gasteiger partial charge in [-0.15, -0.1) is 0 Å². The minimum atomic E-state index is -4.17. The van der Waals surface area contributed by atoms with E-state index < -0.39 is 34.2 Å². The lowest BCUT2D eigenvalue weighted by molar-refractivity contribution is -0.118. The van der Waals surface area contributed by atoms with Gasteiger partial charge in [-0.25, -0.2) is 12.8 Å². The molecule has 0 aromatic heterocycles. The van der Waals surface area contributed by atoms with Crippen molar-refractivity contribution in [3.8, 4) is 5.75 Å². The van der Waals surface area contributed by atoms with Crippen LogP contribution in [0.25, 0.3) is 0 Å². The second kappa shape index (κ2) is 8.15. The van der Waals surface area contributed by atoms with Gasteiger partial charge in [-0.3, -0.25) is 9.59 Å². The first-order valence-electron chi connectivity index (χ1n) is 8.05. The van der Waals surface area contributed by atoms with Crippen LogP contribution in [-0.2, 0) is 19.6 Å². The van der Waals surface area contributed by atoms with E-state index in [4.69, 9.17) is 27.9 Å². The minimum absolute atomic E-state index is 0.0270. The molecule has 0 saturated heterocycles. The number of ether oxygens (including phenoxy) is 1. The molecule has 0 atom stereocenters. The number of amides is 2. The number of hydrogen-bond acceptors (Lipinski definition) is 5. The molecule has 1 aliphatic heterocycles. The fourth-order valence-corrected chi connectivity index (χ4v) is 4.37. The third kappa shape index (κ3) is 4.61. The monoisotopic (exact) mass is 461 g/mol. The maximum absolute atomic E-state index is 13.1. The van der Waals surface area contributed by atoms with Crippen LogP contribution in [-0.4, -0.2) is 44.7 Å². The van der Waals surface area contributed by atoms with E-state index in [9.17, 15) is 22.4 Å². The Morgan fingerprint density at radius 1 is 1.28 bits per heavy atom. The van der Waals surface area contributed by atoms with Crippen LogP contribution in [0, 0.1) is 5.82 Å². The molecule has 2 amide bonds. The van der Waals surface area contributed by atoms with Crippen molar-refractivity contribution in [2.45, 2.75) is 4.90 Å². The molecule has 12 heteroatoms. The van der Waals surface area contributed by atoms with Crippen molar-refractivity contribution in [1.29, 1.82) is 0 Å². The van der Waals surface area contributed by atoms with Gasteiger partial charge in [-0.2, -0.15) is 4.31 Å². The number of nitrogens with zero attached hydrogens (tertiary/aromatic N) is 1. The maximum atomic E-state index is 13.1. The van der Waals surface area contributed by atoms with Gasteiger partial charge in [0.05, 0.1) is 28.0 Å². The molecule has 29 heavy (non-hydrogen) atoms. The number of fused-ring (bicyclic) bond motifs is 1. The van der Waals surface area contributed by atoms with E-state index in [1.807, 2.05) is 0 Å². The van der Waals surface area contributed by atoms with Crippen LogP contribution in [0.15, 0.2) is 35.2 Å². The molecular formula is C17H14Cl2FN3O5S. The summed E-state index contributed by atoms with van der Waals surface area (Å²) in [6.45, 7) is -0.814. The fourth-order valence-electron chi connectivity index (χ4n) is 2.51. The molecule has 154 valence electrons. The van der Waals surface area contributed by atoms with Crippen molar-refractivity contribution in [3.05, 3.63) is 46.2 Å². The zero-order valence-electron chi connectivity index (χ0n) is 14.8. The Hall–Kier alpha value is -2.40. The number of nitrogens with one attached hydrogen (secondary N) is 2. The molecule has 2 aromatic rings. The third-order valence-electron chi connectivity index (χ3n) is 3.93. The lowest BCUT2D eigenvalue weighted by Gasteiger charge is -2.22. The van der Waals surface area contributed by atoms with Crippen LogP contribution >= 0.6 is 23.2 Å². The fraction of sp³-hybridized carbons (Fsp3) is 0.176. The van der Waals surface area contributed by atoms with Crippen molar-refractivity contribution in [2.24, 2.45) is 0 Å². The topological polar surface area (TPSA) is 105 Å². The normalized spacial score (nSPS) is 13.5. The van der Waals surface area contributed by atoms with E-state index in [0.29, 0.717) is 0 Å². The Morgan fingerprint density at radius 2 is 2.00 bits per heavy atom. The molecule has 3 rings (SSSR count).